The SMILES string of the molecule is CCOc1ccc(-c2csc(NC(=O)C(Sc3ccc(NC(=O)/C(=C/c4cccc(Br)c4)NC(=O)c4ccccc4)cc3)c3ccccc3)n2)cc1. The topological polar surface area (TPSA) is 109 Å². The lowest BCUT2D eigenvalue weighted by Gasteiger charge is -2.17. The van der Waals surface area contributed by atoms with Crippen molar-refractivity contribution in [3.63, 3.8) is 0 Å². The molecule has 6 aromatic rings. The number of aromatic nitrogens is 1. The van der Waals surface area contributed by atoms with E-state index in [4.69, 9.17) is 4.74 Å². The lowest BCUT2D eigenvalue weighted by Crippen LogP contribution is -2.30. The van der Waals surface area contributed by atoms with Crippen molar-refractivity contribution >= 4 is 73.6 Å². The van der Waals surface area contributed by atoms with Gasteiger partial charge in [-0.05, 0) is 96.9 Å². The van der Waals surface area contributed by atoms with Gasteiger partial charge in [-0.2, -0.15) is 0 Å². The maximum Gasteiger partial charge on any atom is 0.272 e. The summed E-state index contributed by atoms with van der Waals surface area (Å²) in [4.78, 5) is 45.8. The predicted molar refractivity (Wildman–Crippen MR) is 213 cm³/mol. The fourth-order valence-electron chi connectivity index (χ4n) is 5.08. The van der Waals surface area contributed by atoms with Crippen LogP contribution in [0.5, 0.6) is 5.75 Å². The summed E-state index contributed by atoms with van der Waals surface area (Å²) in [5.41, 5.74) is 4.29. The molecule has 0 aliphatic carbocycles. The first-order valence-corrected chi connectivity index (χ1v) is 18.9. The number of nitrogens with one attached hydrogen (secondary N) is 3. The number of carbonyl (C=O) groups excluding carboxylic acids is 3. The molecular weight excluding hydrogens is 757 g/mol. The highest BCUT2D eigenvalue weighted by atomic mass is 79.9. The zero-order chi connectivity index (χ0) is 36.3. The Balaban J connectivity index is 1.15. The number of nitrogens with zero attached hydrogens (tertiary/aromatic N) is 1. The highest BCUT2D eigenvalue weighted by molar-refractivity contribution is 9.10. The Labute approximate surface area is 318 Å². The molecule has 8 nitrogen and oxygen atoms in total. The second-order valence-electron chi connectivity index (χ2n) is 11.3. The first-order chi connectivity index (χ1) is 25.3. The summed E-state index contributed by atoms with van der Waals surface area (Å²) < 4.78 is 6.38. The van der Waals surface area contributed by atoms with Gasteiger partial charge in [0.15, 0.2) is 5.13 Å². The Bertz CT molecular complexity index is 2170. The maximum absolute atomic E-state index is 13.7. The monoisotopic (exact) mass is 788 g/mol. The van der Waals surface area contributed by atoms with E-state index in [0.29, 0.717) is 23.0 Å². The third kappa shape index (κ3) is 9.85. The number of rotatable bonds is 13. The van der Waals surface area contributed by atoms with E-state index >= 15 is 0 Å². The minimum absolute atomic E-state index is 0.0825. The fourth-order valence-corrected chi connectivity index (χ4v) is 7.24. The molecule has 3 N–H and O–H groups in total. The lowest BCUT2D eigenvalue weighted by atomic mass is 10.1. The van der Waals surface area contributed by atoms with Gasteiger partial charge < -0.3 is 20.7 Å². The van der Waals surface area contributed by atoms with Crippen LogP contribution in [0.4, 0.5) is 10.8 Å². The van der Waals surface area contributed by atoms with Crippen LogP contribution in [0.25, 0.3) is 17.3 Å². The second-order valence-corrected chi connectivity index (χ2v) is 14.3. The van der Waals surface area contributed by atoms with Crippen molar-refractivity contribution in [2.75, 3.05) is 17.2 Å². The van der Waals surface area contributed by atoms with Gasteiger partial charge in [-0.15, -0.1) is 23.1 Å². The molecule has 1 heterocycles. The largest absolute Gasteiger partial charge is 0.494 e. The quantitative estimate of drug-likeness (QED) is 0.0795. The number of hydrogen-bond acceptors (Lipinski definition) is 7. The molecule has 0 radical (unpaired) electrons. The Morgan fingerprint density at radius 3 is 2.25 bits per heavy atom. The van der Waals surface area contributed by atoms with Crippen LogP contribution >= 0.6 is 39.0 Å². The van der Waals surface area contributed by atoms with E-state index in [2.05, 4.69) is 36.9 Å². The smallest absolute Gasteiger partial charge is 0.272 e. The van der Waals surface area contributed by atoms with Crippen LogP contribution < -0.4 is 20.7 Å². The van der Waals surface area contributed by atoms with Crippen molar-refractivity contribution in [1.82, 2.24) is 10.3 Å². The molecule has 1 unspecified atom stereocenters. The van der Waals surface area contributed by atoms with E-state index in [9.17, 15) is 14.4 Å². The zero-order valence-electron chi connectivity index (χ0n) is 27.9. The molecule has 52 heavy (non-hydrogen) atoms. The lowest BCUT2D eigenvalue weighted by molar-refractivity contribution is -0.116. The summed E-state index contributed by atoms with van der Waals surface area (Å²) >= 11 is 6.21. The normalized spacial score (nSPS) is 11.7. The molecule has 0 saturated heterocycles. The van der Waals surface area contributed by atoms with Crippen molar-refractivity contribution in [3.8, 4) is 17.0 Å². The van der Waals surface area contributed by atoms with Crippen LogP contribution in [0.2, 0.25) is 0 Å². The molecular formula is C41H33BrN4O4S2. The van der Waals surface area contributed by atoms with Crippen LogP contribution in [0.1, 0.15) is 33.7 Å². The molecule has 3 amide bonds. The van der Waals surface area contributed by atoms with Gasteiger partial charge >= 0.3 is 0 Å². The molecule has 1 atom stereocenters. The number of thioether (sulfide) groups is 1. The zero-order valence-corrected chi connectivity index (χ0v) is 31.1. The van der Waals surface area contributed by atoms with E-state index < -0.39 is 17.1 Å². The molecule has 0 bridgehead atoms. The number of amides is 3. The molecule has 11 heteroatoms. The van der Waals surface area contributed by atoms with Crippen LogP contribution in [0, 0.1) is 0 Å². The molecule has 6 rings (SSSR count). The first kappa shape index (κ1) is 36.3. The van der Waals surface area contributed by atoms with Crippen molar-refractivity contribution in [3.05, 3.63) is 166 Å². The van der Waals surface area contributed by atoms with Crippen molar-refractivity contribution in [2.24, 2.45) is 0 Å². The number of carbonyl (C=O) groups is 3. The van der Waals surface area contributed by atoms with E-state index in [0.717, 1.165) is 37.5 Å². The van der Waals surface area contributed by atoms with Crippen molar-refractivity contribution < 1.29 is 19.1 Å². The van der Waals surface area contributed by atoms with Crippen LogP contribution in [0.15, 0.2) is 154 Å². The van der Waals surface area contributed by atoms with Crippen LogP contribution in [-0.4, -0.2) is 29.3 Å². The van der Waals surface area contributed by atoms with Gasteiger partial charge in [0, 0.05) is 31.6 Å². The van der Waals surface area contributed by atoms with Gasteiger partial charge in [-0.1, -0.05) is 76.6 Å². The van der Waals surface area contributed by atoms with Gasteiger partial charge in [0.05, 0.1) is 12.3 Å². The number of hydrogen-bond donors (Lipinski definition) is 3. The minimum Gasteiger partial charge on any atom is -0.494 e. The fraction of sp³-hybridized carbons (Fsp3) is 0.0732. The Morgan fingerprint density at radius 1 is 0.846 bits per heavy atom. The molecule has 1 aromatic heterocycles. The summed E-state index contributed by atoms with van der Waals surface area (Å²) in [6.45, 7) is 2.54. The maximum atomic E-state index is 13.7. The number of ether oxygens (including phenoxy) is 1. The molecule has 0 saturated carbocycles. The number of thiazole rings is 1. The number of halogens is 1. The Morgan fingerprint density at radius 2 is 1.56 bits per heavy atom. The molecule has 0 fully saturated rings. The van der Waals surface area contributed by atoms with Gasteiger partial charge in [0.1, 0.15) is 16.7 Å². The molecule has 0 spiro atoms. The average molecular weight is 790 g/mol. The first-order valence-electron chi connectivity index (χ1n) is 16.3. The van der Waals surface area contributed by atoms with Crippen molar-refractivity contribution in [1.29, 1.82) is 0 Å². The number of anilines is 2. The summed E-state index contributed by atoms with van der Waals surface area (Å²) in [7, 11) is 0. The van der Waals surface area contributed by atoms with E-state index in [1.807, 2.05) is 109 Å². The second kappa shape index (κ2) is 17.6. The number of benzene rings is 5. The third-order valence-corrected chi connectivity index (χ3v) is 10.1. The summed E-state index contributed by atoms with van der Waals surface area (Å²) in [6, 6.07) is 40.6. The Hall–Kier alpha value is -5.49. The van der Waals surface area contributed by atoms with Gasteiger partial charge in [-0.3, -0.25) is 14.4 Å². The summed E-state index contributed by atoms with van der Waals surface area (Å²) in [6.07, 6.45) is 1.62. The standard InChI is InChI=1S/C41H33BrN4O4S2/c1-2-50-33-20-16-28(17-21-33)36-26-51-41(45-36)46-40(49)37(29-11-5-3-6-12-29)52-34-22-18-32(19-23-34)43-39(48)35(25-27-10-9-15-31(42)24-27)44-38(47)30-13-7-4-8-14-30/h3-26,37H,2H2,1H3,(H,43,48)(H,44,47)(H,45,46,49)/b35-25-. The average Bonchev–Trinajstić information content (AvgIpc) is 3.63. The predicted octanol–water partition coefficient (Wildman–Crippen LogP) is 9.85. The van der Waals surface area contributed by atoms with Crippen LogP contribution in [0.3, 0.4) is 0 Å². The van der Waals surface area contributed by atoms with Gasteiger partial charge in [-0.25, -0.2) is 4.98 Å². The van der Waals surface area contributed by atoms with E-state index in [1.54, 1.807) is 42.5 Å². The molecule has 0 aliphatic heterocycles. The van der Waals surface area contributed by atoms with E-state index in [1.165, 1.54) is 23.1 Å². The molecule has 5 aromatic carbocycles. The third-order valence-electron chi connectivity index (χ3n) is 7.59. The van der Waals surface area contributed by atoms with Crippen LogP contribution in [-0.2, 0) is 9.59 Å². The molecule has 0 aliphatic rings. The van der Waals surface area contributed by atoms with Crippen molar-refractivity contribution in [2.45, 2.75) is 17.1 Å². The highest BCUT2D eigenvalue weighted by Crippen LogP contribution is 2.37. The summed E-state index contributed by atoms with van der Waals surface area (Å²) in [5.74, 6) is -0.310. The Kier molecular flexibility index (Phi) is 12.3. The highest BCUT2D eigenvalue weighted by Gasteiger charge is 2.24. The minimum atomic E-state index is -0.576. The van der Waals surface area contributed by atoms with E-state index in [-0.39, 0.29) is 11.6 Å². The van der Waals surface area contributed by atoms with Gasteiger partial charge in [0.25, 0.3) is 11.8 Å². The van der Waals surface area contributed by atoms with Gasteiger partial charge in [0.2, 0.25) is 5.91 Å². The summed E-state index contributed by atoms with van der Waals surface area (Å²) in [5, 5.41) is 10.5. The molecule has 260 valence electrons.